The number of nitro groups is 1. The van der Waals surface area contributed by atoms with Crippen LogP contribution in [0.3, 0.4) is 0 Å². The number of carbonyl (C=O) groups is 1. The molecule has 110 valence electrons. The van der Waals surface area contributed by atoms with Crippen molar-refractivity contribution >= 4 is 28.9 Å². The Kier molecular flexibility index (Phi) is 4.08. The van der Waals surface area contributed by atoms with Crippen LogP contribution in [0.4, 0.5) is 11.4 Å². The van der Waals surface area contributed by atoms with Crippen molar-refractivity contribution in [2.45, 2.75) is 13.5 Å². The average Bonchev–Trinajstić information content (AvgIpc) is 2.81. The number of carbonyl (C=O) groups excluding carboxylic acids is 1. The standard InChI is InChI=1S/C12H11ClN4O4/c1-2-16-11(8(13)6-14-16)12(19)15-9-4-3-7(17(20)21)5-10(9)18/h3-6,18H,2H2,1H3,(H,15,19). The quantitative estimate of drug-likeness (QED) is 0.512. The van der Waals surface area contributed by atoms with Gasteiger partial charge < -0.3 is 10.4 Å². The monoisotopic (exact) mass is 310 g/mol. The van der Waals surface area contributed by atoms with Crippen LogP contribution in [0.15, 0.2) is 24.4 Å². The van der Waals surface area contributed by atoms with E-state index in [2.05, 4.69) is 10.4 Å². The van der Waals surface area contributed by atoms with Gasteiger partial charge in [0, 0.05) is 12.6 Å². The molecule has 0 aliphatic carbocycles. The van der Waals surface area contributed by atoms with Gasteiger partial charge in [0.1, 0.15) is 11.4 Å². The third-order valence-electron chi connectivity index (χ3n) is 2.75. The molecular formula is C12H11ClN4O4. The van der Waals surface area contributed by atoms with Crippen LogP contribution >= 0.6 is 11.6 Å². The van der Waals surface area contributed by atoms with E-state index < -0.39 is 16.6 Å². The van der Waals surface area contributed by atoms with Gasteiger partial charge in [0.05, 0.1) is 27.9 Å². The van der Waals surface area contributed by atoms with Crippen LogP contribution in [0.25, 0.3) is 0 Å². The largest absolute Gasteiger partial charge is 0.506 e. The molecule has 0 fully saturated rings. The van der Waals surface area contributed by atoms with Crippen LogP contribution in [0.1, 0.15) is 17.4 Å². The Balaban J connectivity index is 2.28. The Labute approximate surface area is 124 Å². The van der Waals surface area contributed by atoms with Crippen LogP contribution in [0.2, 0.25) is 5.02 Å². The van der Waals surface area contributed by atoms with Crippen LogP contribution in [-0.2, 0) is 6.54 Å². The molecule has 0 atom stereocenters. The zero-order chi connectivity index (χ0) is 15.6. The number of non-ortho nitro benzene ring substituents is 1. The van der Waals surface area contributed by atoms with E-state index in [1.165, 1.54) is 23.0 Å². The normalized spacial score (nSPS) is 10.4. The number of aromatic hydroxyl groups is 1. The summed E-state index contributed by atoms with van der Waals surface area (Å²) < 4.78 is 1.40. The number of halogens is 1. The molecule has 0 aliphatic heterocycles. The molecule has 0 unspecified atom stereocenters. The number of nitro benzene ring substituents is 1. The van der Waals surface area contributed by atoms with Crippen molar-refractivity contribution in [2.75, 3.05) is 5.32 Å². The molecule has 0 radical (unpaired) electrons. The number of benzene rings is 1. The number of rotatable bonds is 4. The Bertz CT molecular complexity index is 713. The van der Waals surface area contributed by atoms with E-state index in [9.17, 15) is 20.0 Å². The minimum Gasteiger partial charge on any atom is -0.506 e. The van der Waals surface area contributed by atoms with Crippen molar-refractivity contribution in [3.63, 3.8) is 0 Å². The maximum atomic E-state index is 12.1. The first-order valence-electron chi connectivity index (χ1n) is 5.94. The van der Waals surface area contributed by atoms with Crippen molar-refractivity contribution in [3.05, 3.63) is 45.2 Å². The van der Waals surface area contributed by atoms with Gasteiger partial charge >= 0.3 is 0 Å². The highest BCUT2D eigenvalue weighted by Crippen LogP contribution is 2.28. The van der Waals surface area contributed by atoms with Gasteiger partial charge in [-0.25, -0.2) is 0 Å². The summed E-state index contributed by atoms with van der Waals surface area (Å²) in [4.78, 5) is 22.1. The summed E-state index contributed by atoms with van der Waals surface area (Å²) in [6, 6.07) is 3.37. The van der Waals surface area contributed by atoms with Gasteiger partial charge in [-0.2, -0.15) is 5.10 Å². The lowest BCUT2D eigenvalue weighted by Crippen LogP contribution is -2.18. The van der Waals surface area contributed by atoms with E-state index in [-0.39, 0.29) is 22.1 Å². The number of nitrogens with zero attached hydrogens (tertiary/aromatic N) is 3. The van der Waals surface area contributed by atoms with Crippen LogP contribution < -0.4 is 5.32 Å². The van der Waals surface area contributed by atoms with Gasteiger partial charge in [-0.3, -0.25) is 19.6 Å². The second kappa shape index (κ2) is 5.80. The molecule has 1 aromatic carbocycles. The zero-order valence-electron chi connectivity index (χ0n) is 10.9. The fourth-order valence-corrected chi connectivity index (χ4v) is 1.98. The molecule has 0 saturated carbocycles. The second-order valence-electron chi connectivity index (χ2n) is 4.07. The highest BCUT2D eigenvalue weighted by atomic mass is 35.5. The predicted molar refractivity (Wildman–Crippen MR) is 75.6 cm³/mol. The third-order valence-corrected chi connectivity index (χ3v) is 3.03. The highest BCUT2D eigenvalue weighted by Gasteiger charge is 2.19. The number of nitrogens with one attached hydrogen (secondary N) is 1. The number of amides is 1. The molecule has 1 amide bonds. The van der Waals surface area contributed by atoms with E-state index in [1.807, 2.05) is 0 Å². The molecular weight excluding hydrogens is 300 g/mol. The summed E-state index contributed by atoms with van der Waals surface area (Å²) in [5.41, 5.74) is -0.0791. The average molecular weight is 311 g/mol. The molecule has 8 nitrogen and oxygen atoms in total. The third kappa shape index (κ3) is 2.95. The minimum absolute atomic E-state index is 0.0468. The van der Waals surface area contributed by atoms with Gasteiger partial charge in [0.2, 0.25) is 0 Å². The van der Waals surface area contributed by atoms with E-state index in [0.29, 0.717) is 6.54 Å². The van der Waals surface area contributed by atoms with E-state index >= 15 is 0 Å². The van der Waals surface area contributed by atoms with Crippen LogP contribution in [-0.4, -0.2) is 25.7 Å². The molecule has 9 heteroatoms. The fraction of sp³-hybridized carbons (Fsp3) is 0.167. The van der Waals surface area contributed by atoms with E-state index in [0.717, 1.165) is 6.07 Å². The Hall–Kier alpha value is -2.61. The van der Waals surface area contributed by atoms with Crippen LogP contribution in [0.5, 0.6) is 5.75 Å². The highest BCUT2D eigenvalue weighted by molar-refractivity contribution is 6.34. The minimum atomic E-state index is -0.644. The lowest BCUT2D eigenvalue weighted by atomic mass is 10.2. The number of phenolic OH excluding ortho intramolecular Hbond substituents is 1. The number of phenols is 1. The van der Waals surface area contributed by atoms with Crippen molar-refractivity contribution < 1.29 is 14.8 Å². The predicted octanol–water partition coefficient (Wildman–Crippen LogP) is 2.42. The SMILES string of the molecule is CCn1ncc(Cl)c1C(=O)Nc1ccc([N+](=O)[O-])cc1O. The molecule has 0 bridgehead atoms. The van der Waals surface area contributed by atoms with Gasteiger partial charge in [-0.1, -0.05) is 11.6 Å². The molecule has 0 saturated heterocycles. The number of hydrogen-bond donors (Lipinski definition) is 2. The molecule has 2 rings (SSSR count). The van der Waals surface area contributed by atoms with Crippen molar-refractivity contribution in [1.82, 2.24) is 9.78 Å². The fourth-order valence-electron chi connectivity index (χ4n) is 1.75. The lowest BCUT2D eigenvalue weighted by Gasteiger charge is -2.08. The second-order valence-corrected chi connectivity index (χ2v) is 4.48. The number of aromatic nitrogens is 2. The number of aryl methyl sites for hydroxylation is 1. The van der Waals surface area contributed by atoms with Crippen molar-refractivity contribution in [1.29, 1.82) is 0 Å². The maximum Gasteiger partial charge on any atom is 0.275 e. The molecule has 2 N–H and O–H groups in total. The van der Waals surface area contributed by atoms with Crippen LogP contribution in [0, 0.1) is 10.1 Å². The van der Waals surface area contributed by atoms with Gasteiger partial charge in [0.25, 0.3) is 11.6 Å². The summed E-state index contributed by atoms with van der Waals surface area (Å²) in [5.74, 6) is -0.972. The van der Waals surface area contributed by atoms with Gasteiger partial charge in [0.15, 0.2) is 0 Å². The molecule has 0 spiro atoms. The first kappa shape index (κ1) is 14.8. The number of anilines is 1. The summed E-state index contributed by atoms with van der Waals surface area (Å²) in [7, 11) is 0. The smallest absolute Gasteiger partial charge is 0.275 e. The topological polar surface area (TPSA) is 110 Å². The van der Waals surface area contributed by atoms with Crippen molar-refractivity contribution in [2.24, 2.45) is 0 Å². The molecule has 0 aliphatic rings. The molecule has 21 heavy (non-hydrogen) atoms. The first-order valence-corrected chi connectivity index (χ1v) is 6.32. The summed E-state index contributed by atoms with van der Waals surface area (Å²) in [6.07, 6.45) is 1.34. The summed E-state index contributed by atoms with van der Waals surface area (Å²) in [6.45, 7) is 2.24. The molecule has 1 aromatic heterocycles. The Morgan fingerprint density at radius 1 is 1.57 bits per heavy atom. The Morgan fingerprint density at radius 3 is 2.86 bits per heavy atom. The maximum absolute atomic E-state index is 12.1. The number of hydrogen-bond acceptors (Lipinski definition) is 5. The molecule has 2 aromatic rings. The zero-order valence-corrected chi connectivity index (χ0v) is 11.7. The van der Waals surface area contributed by atoms with Crippen molar-refractivity contribution in [3.8, 4) is 5.75 Å². The van der Waals surface area contributed by atoms with E-state index in [1.54, 1.807) is 6.92 Å². The van der Waals surface area contributed by atoms with E-state index in [4.69, 9.17) is 11.6 Å². The molecule has 1 heterocycles. The Morgan fingerprint density at radius 2 is 2.29 bits per heavy atom. The summed E-state index contributed by atoms with van der Waals surface area (Å²) >= 11 is 5.90. The first-order chi connectivity index (χ1) is 9.93. The summed E-state index contributed by atoms with van der Waals surface area (Å²) in [5, 5.41) is 26.8. The lowest BCUT2D eigenvalue weighted by molar-refractivity contribution is -0.384. The van der Waals surface area contributed by atoms with Gasteiger partial charge in [-0.15, -0.1) is 0 Å². The van der Waals surface area contributed by atoms with Gasteiger partial charge in [-0.05, 0) is 13.0 Å².